The summed E-state index contributed by atoms with van der Waals surface area (Å²) in [5.41, 5.74) is 6.32. The highest BCUT2D eigenvalue weighted by Crippen LogP contribution is 2.15. The number of benzene rings is 1. The topological polar surface area (TPSA) is 38.0 Å². The summed E-state index contributed by atoms with van der Waals surface area (Å²) >= 11 is 3.33. The highest BCUT2D eigenvalue weighted by atomic mass is 79.9. The largest absolute Gasteiger partial charge is 0.324 e. The predicted octanol–water partition coefficient (Wildman–Crippen LogP) is 2.46. The average molecular weight is 289 g/mol. The van der Waals surface area contributed by atoms with Crippen molar-refractivity contribution in [2.75, 3.05) is 13.1 Å². The molecule has 4 heteroatoms. The van der Waals surface area contributed by atoms with Crippen molar-refractivity contribution in [2.45, 2.75) is 25.8 Å². The Morgan fingerprint density at radius 1 is 1.44 bits per heavy atom. The molecule has 2 nitrogen and oxygen atoms in total. The van der Waals surface area contributed by atoms with Crippen molar-refractivity contribution in [2.24, 2.45) is 5.73 Å². The van der Waals surface area contributed by atoms with E-state index in [0.717, 1.165) is 23.1 Å². The van der Waals surface area contributed by atoms with Crippen LogP contribution in [0.2, 0.25) is 0 Å². The fraction of sp³-hybridized carbons (Fsp3) is 0.500. The maximum atomic E-state index is 13.4. The third-order valence-corrected chi connectivity index (χ3v) is 2.65. The van der Waals surface area contributed by atoms with Crippen molar-refractivity contribution in [3.05, 3.63) is 34.1 Å². The van der Waals surface area contributed by atoms with E-state index in [4.69, 9.17) is 5.73 Å². The van der Waals surface area contributed by atoms with Crippen LogP contribution in [-0.4, -0.2) is 18.6 Å². The molecule has 0 unspecified atom stereocenters. The zero-order valence-electron chi connectivity index (χ0n) is 9.69. The first-order valence-electron chi connectivity index (χ1n) is 5.32. The van der Waals surface area contributed by atoms with Gasteiger partial charge in [-0.05, 0) is 50.6 Å². The minimum Gasteiger partial charge on any atom is -0.324 e. The van der Waals surface area contributed by atoms with Gasteiger partial charge in [-0.3, -0.25) is 0 Å². The van der Waals surface area contributed by atoms with Gasteiger partial charge < -0.3 is 11.1 Å². The van der Waals surface area contributed by atoms with Crippen LogP contribution in [0, 0.1) is 5.82 Å². The summed E-state index contributed by atoms with van der Waals surface area (Å²) in [6, 6.07) is 4.99. The van der Waals surface area contributed by atoms with Gasteiger partial charge in [-0.25, -0.2) is 4.39 Å². The molecule has 3 N–H and O–H groups in total. The molecule has 0 spiro atoms. The summed E-state index contributed by atoms with van der Waals surface area (Å²) in [5.74, 6) is -0.156. The van der Waals surface area contributed by atoms with E-state index in [1.165, 1.54) is 6.07 Å². The van der Waals surface area contributed by atoms with Crippen LogP contribution in [-0.2, 0) is 6.42 Å². The third-order valence-electron chi connectivity index (χ3n) is 2.16. The van der Waals surface area contributed by atoms with Gasteiger partial charge in [0.05, 0.1) is 0 Å². The molecule has 0 aliphatic rings. The van der Waals surface area contributed by atoms with Gasteiger partial charge in [-0.15, -0.1) is 0 Å². The van der Waals surface area contributed by atoms with Crippen molar-refractivity contribution in [3.8, 4) is 0 Å². The Balaban J connectivity index is 2.40. The van der Waals surface area contributed by atoms with Gasteiger partial charge in [0.25, 0.3) is 0 Å². The van der Waals surface area contributed by atoms with Gasteiger partial charge in [0, 0.05) is 16.6 Å². The van der Waals surface area contributed by atoms with E-state index in [0.29, 0.717) is 6.42 Å². The third kappa shape index (κ3) is 5.05. The SMILES string of the molecule is CC(C)(N)CNCCc1cc(Br)ccc1F. The fourth-order valence-electron chi connectivity index (χ4n) is 1.37. The number of nitrogens with two attached hydrogens (primary N) is 1. The van der Waals surface area contributed by atoms with Crippen LogP contribution >= 0.6 is 15.9 Å². The molecule has 1 aromatic rings. The standard InChI is InChI=1S/C12H18BrFN2/c1-12(2,15)8-16-6-5-9-7-10(13)3-4-11(9)14/h3-4,7,16H,5-6,8,15H2,1-2H3. The first-order valence-corrected chi connectivity index (χ1v) is 6.11. The highest BCUT2D eigenvalue weighted by Gasteiger charge is 2.09. The maximum Gasteiger partial charge on any atom is 0.126 e. The lowest BCUT2D eigenvalue weighted by Gasteiger charge is -2.18. The van der Waals surface area contributed by atoms with Gasteiger partial charge >= 0.3 is 0 Å². The van der Waals surface area contributed by atoms with E-state index in [2.05, 4.69) is 21.2 Å². The molecule has 0 heterocycles. The van der Waals surface area contributed by atoms with Crippen molar-refractivity contribution in [3.63, 3.8) is 0 Å². The zero-order valence-corrected chi connectivity index (χ0v) is 11.3. The Morgan fingerprint density at radius 3 is 2.75 bits per heavy atom. The Kier molecular flexibility index (Phi) is 4.89. The van der Waals surface area contributed by atoms with Crippen LogP contribution in [0.25, 0.3) is 0 Å². The minimum absolute atomic E-state index is 0.156. The van der Waals surface area contributed by atoms with E-state index in [9.17, 15) is 4.39 Å². The molecule has 0 aromatic heterocycles. The Morgan fingerprint density at radius 2 is 2.12 bits per heavy atom. The summed E-state index contributed by atoms with van der Waals surface area (Å²) < 4.78 is 14.3. The number of hydrogen-bond acceptors (Lipinski definition) is 2. The normalized spacial score (nSPS) is 11.8. The van der Waals surface area contributed by atoms with E-state index >= 15 is 0 Å². The average Bonchev–Trinajstić information content (AvgIpc) is 2.16. The van der Waals surface area contributed by atoms with E-state index < -0.39 is 0 Å². The molecular formula is C12H18BrFN2. The van der Waals surface area contributed by atoms with E-state index in [1.807, 2.05) is 19.9 Å². The fourth-order valence-corrected chi connectivity index (χ4v) is 1.78. The summed E-state index contributed by atoms with van der Waals surface area (Å²) in [5, 5.41) is 3.21. The molecule has 0 atom stereocenters. The monoisotopic (exact) mass is 288 g/mol. The molecular weight excluding hydrogens is 271 g/mol. The summed E-state index contributed by atoms with van der Waals surface area (Å²) in [4.78, 5) is 0. The molecule has 0 fully saturated rings. The Labute approximate surface area is 105 Å². The second kappa shape index (κ2) is 5.75. The maximum absolute atomic E-state index is 13.4. The number of nitrogens with one attached hydrogen (secondary N) is 1. The van der Waals surface area contributed by atoms with Gasteiger partial charge in [-0.2, -0.15) is 0 Å². The van der Waals surface area contributed by atoms with Gasteiger partial charge in [0.15, 0.2) is 0 Å². The highest BCUT2D eigenvalue weighted by molar-refractivity contribution is 9.10. The molecule has 0 saturated heterocycles. The lowest BCUT2D eigenvalue weighted by atomic mass is 10.1. The summed E-state index contributed by atoms with van der Waals surface area (Å²) in [6.45, 7) is 5.37. The Hall–Kier alpha value is -0.450. The van der Waals surface area contributed by atoms with Gasteiger partial charge in [0.1, 0.15) is 5.82 Å². The molecule has 0 radical (unpaired) electrons. The zero-order chi connectivity index (χ0) is 12.2. The quantitative estimate of drug-likeness (QED) is 0.817. The van der Waals surface area contributed by atoms with Crippen molar-refractivity contribution >= 4 is 15.9 Å². The first kappa shape index (κ1) is 13.6. The van der Waals surface area contributed by atoms with E-state index in [1.54, 1.807) is 6.07 Å². The molecule has 16 heavy (non-hydrogen) atoms. The second-order valence-corrected chi connectivity index (χ2v) is 5.57. The molecule has 0 bridgehead atoms. The van der Waals surface area contributed by atoms with Gasteiger partial charge in [-0.1, -0.05) is 15.9 Å². The van der Waals surface area contributed by atoms with Crippen LogP contribution in [0.3, 0.4) is 0 Å². The molecule has 1 aromatic carbocycles. The van der Waals surface area contributed by atoms with Crippen LogP contribution in [0.5, 0.6) is 0 Å². The summed E-state index contributed by atoms with van der Waals surface area (Å²) in [7, 11) is 0. The number of hydrogen-bond donors (Lipinski definition) is 2. The van der Waals surface area contributed by atoms with Crippen LogP contribution in [0.1, 0.15) is 19.4 Å². The lowest BCUT2D eigenvalue weighted by Crippen LogP contribution is -2.43. The lowest BCUT2D eigenvalue weighted by molar-refractivity contribution is 0.467. The summed E-state index contributed by atoms with van der Waals surface area (Å²) in [6.07, 6.45) is 0.668. The number of halogens is 2. The van der Waals surface area contributed by atoms with Crippen molar-refractivity contribution in [1.29, 1.82) is 0 Å². The molecule has 0 saturated carbocycles. The second-order valence-electron chi connectivity index (χ2n) is 4.65. The molecule has 1 rings (SSSR count). The Bertz CT molecular complexity index is 347. The van der Waals surface area contributed by atoms with E-state index in [-0.39, 0.29) is 11.4 Å². The van der Waals surface area contributed by atoms with Crippen LogP contribution in [0.4, 0.5) is 4.39 Å². The van der Waals surface area contributed by atoms with Crippen LogP contribution < -0.4 is 11.1 Å². The molecule has 90 valence electrons. The van der Waals surface area contributed by atoms with Crippen molar-refractivity contribution in [1.82, 2.24) is 5.32 Å². The van der Waals surface area contributed by atoms with Crippen molar-refractivity contribution < 1.29 is 4.39 Å². The first-order chi connectivity index (χ1) is 7.38. The minimum atomic E-state index is -0.226. The molecule has 0 aliphatic heterocycles. The van der Waals surface area contributed by atoms with Crippen LogP contribution in [0.15, 0.2) is 22.7 Å². The molecule has 0 aliphatic carbocycles. The number of rotatable bonds is 5. The smallest absolute Gasteiger partial charge is 0.126 e. The molecule has 0 amide bonds. The predicted molar refractivity (Wildman–Crippen MR) is 68.9 cm³/mol. The van der Waals surface area contributed by atoms with Gasteiger partial charge in [0.2, 0.25) is 0 Å².